The molecule has 1 aliphatic rings. The minimum absolute atomic E-state index is 0.0786. The first-order chi connectivity index (χ1) is 10.3. The molecule has 0 saturated carbocycles. The maximum absolute atomic E-state index is 12.4. The van der Waals surface area contributed by atoms with Gasteiger partial charge in [0, 0.05) is 17.5 Å². The van der Waals surface area contributed by atoms with E-state index in [-0.39, 0.29) is 5.78 Å². The molecule has 0 aliphatic heterocycles. The van der Waals surface area contributed by atoms with Crippen molar-refractivity contribution in [2.45, 2.75) is 26.2 Å². The van der Waals surface area contributed by atoms with Crippen LogP contribution in [0.2, 0.25) is 0 Å². The summed E-state index contributed by atoms with van der Waals surface area (Å²) in [6, 6.07) is 7.43. The number of rotatable bonds is 3. The van der Waals surface area contributed by atoms with Gasteiger partial charge in [-0.15, -0.1) is 10.2 Å². The van der Waals surface area contributed by atoms with E-state index in [0.717, 1.165) is 30.7 Å². The topological polar surface area (TPSA) is 73.0 Å². The van der Waals surface area contributed by atoms with Crippen molar-refractivity contribution in [1.82, 2.24) is 24.8 Å². The molecule has 0 unspecified atom stereocenters. The Morgan fingerprint density at radius 3 is 2.71 bits per heavy atom. The molecular weight excluding hydrogens is 266 g/mol. The summed E-state index contributed by atoms with van der Waals surface area (Å²) in [6.07, 6.45) is 2.86. The SMILES string of the molecule is CCCCc1nnc2nc3c(nn12)C(=O)c1ccccc1-3. The van der Waals surface area contributed by atoms with Gasteiger partial charge in [-0.05, 0) is 6.42 Å². The van der Waals surface area contributed by atoms with Crippen molar-refractivity contribution in [3.8, 4) is 11.3 Å². The number of fused-ring (bicyclic) bond motifs is 4. The summed E-state index contributed by atoms with van der Waals surface area (Å²) in [5, 5.41) is 12.7. The van der Waals surface area contributed by atoms with E-state index >= 15 is 0 Å². The van der Waals surface area contributed by atoms with Crippen LogP contribution in [0.4, 0.5) is 0 Å². The zero-order chi connectivity index (χ0) is 14.4. The first kappa shape index (κ1) is 12.1. The predicted molar refractivity (Wildman–Crippen MR) is 76.1 cm³/mol. The molecule has 6 heteroatoms. The molecule has 0 bridgehead atoms. The van der Waals surface area contributed by atoms with Crippen molar-refractivity contribution in [1.29, 1.82) is 0 Å². The summed E-state index contributed by atoms with van der Waals surface area (Å²) in [7, 11) is 0. The number of aryl methyl sites for hydroxylation is 1. The summed E-state index contributed by atoms with van der Waals surface area (Å²) in [5.74, 6) is 1.13. The fraction of sp³-hybridized carbons (Fsp3) is 0.267. The highest BCUT2D eigenvalue weighted by molar-refractivity contribution is 6.19. The van der Waals surface area contributed by atoms with Gasteiger partial charge in [0.05, 0.1) is 0 Å². The van der Waals surface area contributed by atoms with Gasteiger partial charge in [-0.25, -0.2) is 4.98 Å². The van der Waals surface area contributed by atoms with Crippen LogP contribution in [0, 0.1) is 0 Å². The van der Waals surface area contributed by atoms with E-state index in [1.54, 1.807) is 10.6 Å². The fourth-order valence-electron chi connectivity index (χ4n) is 2.62. The van der Waals surface area contributed by atoms with Crippen molar-refractivity contribution in [3.05, 3.63) is 41.3 Å². The second-order valence-electron chi connectivity index (χ2n) is 5.12. The maximum Gasteiger partial charge on any atom is 0.272 e. The number of aromatic nitrogens is 5. The van der Waals surface area contributed by atoms with Crippen LogP contribution in [-0.2, 0) is 6.42 Å². The third-order valence-electron chi connectivity index (χ3n) is 3.72. The van der Waals surface area contributed by atoms with Gasteiger partial charge in [0.15, 0.2) is 11.5 Å². The highest BCUT2D eigenvalue weighted by Gasteiger charge is 2.30. The van der Waals surface area contributed by atoms with Gasteiger partial charge < -0.3 is 0 Å². The number of hydrogen-bond acceptors (Lipinski definition) is 5. The Morgan fingerprint density at radius 1 is 1.10 bits per heavy atom. The Kier molecular flexibility index (Phi) is 2.57. The molecule has 1 aromatic carbocycles. The van der Waals surface area contributed by atoms with Crippen LogP contribution in [0.1, 0.15) is 41.6 Å². The molecule has 21 heavy (non-hydrogen) atoms. The zero-order valence-electron chi connectivity index (χ0n) is 11.6. The maximum atomic E-state index is 12.4. The highest BCUT2D eigenvalue weighted by Crippen LogP contribution is 2.33. The Hall–Kier alpha value is -2.63. The lowest BCUT2D eigenvalue weighted by Gasteiger charge is -2.00. The lowest BCUT2D eigenvalue weighted by atomic mass is 10.1. The summed E-state index contributed by atoms with van der Waals surface area (Å²) in [6.45, 7) is 2.12. The molecule has 0 atom stereocenters. The summed E-state index contributed by atoms with van der Waals surface area (Å²) < 4.78 is 1.60. The van der Waals surface area contributed by atoms with E-state index in [0.29, 0.717) is 22.7 Å². The molecular formula is C15H13N5O. The second-order valence-corrected chi connectivity index (χ2v) is 5.12. The number of carbonyl (C=O) groups is 1. The first-order valence-corrected chi connectivity index (χ1v) is 7.06. The molecule has 6 nitrogen and oxygen atoms in total. The van der Waals surface area contributed by atoms with Crippen LogP contribution >= 0.6 is 0 Å². The molecule has 0 saturated heterocycles. The van der Waals surface area contributed by atoms with Crippen LogP contribution in [0.3, 0.4) is 0 Å². The Balaban J connectivity index is 1.92. The van der Waals surface area contributed by atoms with E-state index in [4.69, 9.17) is 0 Å². The molecule has 3 aromatic rings. The van der Waals surface area contributed by atoms with Crippen molar-refractivity contribution in [2.24, 2.45) is 0 Å². The van der Waals surface area contributed by atoms with Crippen molar-refractivity contribution in [3.63, 3.8) is 0 Å². The van der Waals surface area contributed by atoms with Crippen molar-refractivity contribution < 1.29 is 4.79 Å². The van der Waals surface area contributed by atoms with E-state index in [2.05, 4.69) is 27.2 Å². The standard InChI is InChI=1S/C15H13N5O/c1-2-3-8-11-17-18-15-16-12-9-6-4-5-7-10(9)14(21)13(12)19-20(11)15/h4-7H,2-3,8H2,1H3. The van der Waals surface area contributed by atoms with Gasteiger partial charge in [0.1, 0.15) is 5.69 Å². The molecule has 104 valence electrons. The first-order valence-electron chi connectivity index (χ1n) is 7.06. The largest absolute Gasteiger partial charge is 0.287 e. The highest BCUT2D eigenvalue weighted by atomic mass is 16.1. The molecule has 0 radical (unpaired) electrons. The van der Waals surface area contributed by atoms with Gasteiger partial charge >= 0.3 is 0 Å². The monoisotopic (exact) mass is 279 g/mol. The zero-order valence-corrected chi connectivity index (χ0v) is 11.6. The third-order valence-corrected chi connectivity index (χ3v) is 3.72. The normalized spacial score (nSPS) is 12.7. The van der Waals surface area contributed by atoms with Gasteiger partial charge in [0.2, 0.25) is 5.78 Å². The van der Waals surface area contributed by atoms with Crippen LogP contribution in [0.15, 0.2) is 24.3 Å². The fourth-order valence-corrected chi connectivity index (χ4v) is 2.62. The average molecular weight is 279 g/mol. The summed E-state index contributed by atoms with van der Waals surface area (Å²) in [5.41, 5.74) is 2.48. The van der Waals surface area contributed by atoms with Gasteiger partial charge in [0.25, 0.3) is 5.78 Å². The van der Waals surface area contributed by atoms with Crippen LogP contribution < -0.4 is 0 Å². The number of carbonyl (C=O) groups excluding carboxylic acids is 1. The lowest BCUT2D eigenvalue weighted by molar-refractivity contribution is 0.103. The molecule has 0 fully saturated rings. The van der Waals surface area contributed by atoms with Gasteiger partial charge in [-0.3, -0.25) is 4.79 Å². The molecule has 2 heterocycles. The quantitative estimate of drug-likeness (QED) is 0.574. The number of unbranched alkanes of at least 4 members (excludes halogenated alkanes) is 1. The number of benzene rings is 1. The molecule has 1 aliphatic carbocycles. The van der Waals surface area contributed by atoms with E-state index < -0.39 is 0 Å². The predicted octanol–water partition coefficient (Wildman–Crippen LogP) is 2.07. The Labute approximate surface area is 120 Å². The van der Waals surface area contributed by atoms with Crippen LogP contribution in [-0.4, -0.2) is 30.6 Å². The molecule has 2 aromatic heterocycles. The van der Waals surface area contributed by atoms with E-state index in [9.17, 15) is 4.79 Å². The second kappa shape index (κ2) is 4.44. The average Bonchev–Trinajstić information content (AvgIpc) is 3.04. The van der Waals surface area contributed by atoms with Gasteiger partial charge in [-0.2, -0.15) is 9.61 Å². The number of ketones is 1. The molecule has 4 rings (SSSR count). The molecule has 0 N–H and O–H groups in total. The molecule has 0 spiro atoms. The minimum atomic E-state index is -0.0786. The minimum Gasteiger partial charge on any atom is -0.287 e. The Morgan fingerprint density at radius 2 is 1.90 bits per heavy atom. The lowest BCUT2D eigenvalue weighted by Crippen LogP contribution is -2.07. The smallest absolute Gasteiger partial charge is 0.272 e. The van der Waals surface area contributed by atoms with Crippen molar-refractivity contribution in [2.75, 3.05) is 0 Å². The number of nitrogens with zero attached hydrogens (tertiary/aromatic N) is 5. The Bertz CT molecular complexity index is 868. The van der Waals surface area contributed by atoms with E-state index in [1.165, 1.54) is 0 Å². The summed E-state index contributed by atoms with van der Waals surface area (Å²) >= 11 is 0. The van der Waals surface area contributed by atoms with Crippen LogP contribution in [0.25, 0.3) is 17.0 Å². The van der Waals surface area contributed by atoms with E-state index in [1.807, 2.05) is 18.2 Å². The molecule has 0 amide bonds. The van der Waals surface area contributed by atoms with Crippen LogP contribution in [0.5, 0.6) is 0 Å². The van der Waals surface area contributed by atoms with Gasteiger partial charge in [-0.1, -0.05) is 37.6 Å². The van der Waals surface area contributed by atoms with Crippen molar-refractivity contribution >= 4 is 11.6 Å². The summed E-state index contributed by atoms with van der Waals surface area (Å²) in [4.78, 5) is 16.9. The third kappa shape index (κ3) is 1.68. The number of hydrogen-bond donors (Lipinski definition) is 0.